The number of carbonyl (C=O) groups is 1. The topological polar surface area (TPSA) is 49.7 Å². The number of rotatable bonds is 7. The van der Waals surface area contributed by atoms with Crippen LogP contribution in [0.3, 0.4) is 0 Å². The van der Waals surface area contributed by atoms with E-state index < -0.39 is 0 Å². The maximum absolute atomic E-state index is 12.8. The highest BCUT2D eigenvalue weighted by atomic mass is 16.5. The Labute approximate surface area is 155 Å². The molecule has 1 saturated heterocycles. The number of methoxy groups -OCH3 is 1. The molecule has 1 aromatic heterocycles. The second-order valence-electron chi connectivity index (χ2n) is 7.24. The highest BCUT2D eigenvalue weighted by Crippen LogP contribution is 2.26. The molecule has 0 unspecified atom stereocenters. The molecule has 0 saturated carbocycles. The van der Waals surface area contributed by atoms with Gasteiger partial charge >= 0.3 is 6.03 Å². The Bertz CT molecular complexity index is 748. The van der Waals surface area contributed by atoms with Crippen LogP contribution in [0.15, 0.2) is 24.4 Å². The summed E-state index contributed by atoms with van der Waals surface area (Å²) in [5, 5.41) is 4.18. The second kappa shape index (κ2) is 8.56. The number of likely N-dealkylation sites (tertiary alicyclic amines) is 1. The van der Waals surface area contributed by atoms with E-state index in [1.54, 1.807) is 11.7 Å². The summed E-state index contributed by atoms with van der Waals surface area (Å²) in [6.45, 7) is 4.83. The van der Waals surface area contributed by atoms with Gasteiger partial charge in [0.25, 0.3) is 0 Å². The maximum atomic E-state index is 12.8. The Morgan fingerprint density at radius 2 is 2.04 bits per heavy atom. The van der Waals surface area contributed by atoms with Crippen LogP contribution in [0.4, 0.5) is 4.79 Å². The van der Waals surface area contributed by atoms with Gasteiger partial charge in [0.1, 0.15) is 5.75 Å². The van der Waals surface area contributed by atoms with E-state index in [0.29, 0.717) is 6.54 Å². The Kier molecular flexibility index (Phi) is 6.16. The van der Waals surface area contributed by atoms with E-state index in [0.717, 1.165) is 49.3 Å². The summed E-state index contributed by atoms with van der Waals surface area (Å²) in [4.78, 5) is 17.3. The highest BCUT2D eigenvalue weighted by molar-refractivity contribution is 5.94. The van der Waals surface area contributed by atoms with Crippen LogP contribution in [0, 0.1) is 0 Å². The summed E-state index contributed by atoms with van der Waals surface area (Å²) in [5.41, 5.74) is 2.09. The van der Waals surface area contributed by atoms with Gasteiger partial charge in [-0.3, -0.25) is 4.57 Å². The van der Waals surface area contributed by atoms with Gasteiger partial charge in [-0.05, 0) is 64.1 Å². The standard InChI is InChI=1S/C20H30N4O2/c1-22(2)12-8-16-15-24(19-14-17(26-3)6-7-18(16)19)20(25)21-9-13-23-10-4-5-11-23/h6-7,14-15H,4-5,8-13H2,1-3H3,(H,21,25). The lowest BCUT2D eigenvalue weighted by Gasteiger charge is -2.15. The van der Waals surface area contributed by atoms with Crippen molar-refractivity contribution < 1.29 is 9.53 Å². The van der Waals surface area contributed by atoms with Gasteiger partial charge in [0, 0.05) is 37.3 Å². The molecule has 3 rings (SSSR count). The lowest BCUT2D eigenvalue weighted by molar-refractivity contribution is 0.240. The number of likely N-dealkylation sites (N-methyl/N-ethyl adjacent to an activating group) is 1. The molecule has 1 N–H and O–H groups in total. The summed E-state index contributed by atoms with van der Waals surface area (Å²) in [6, 6.07) is 5.87. The number of carbonyl (C=O) groups excluding carboxylic acids is 1. The van der Waals surface area contributed by atoms with E-state index in [-0.39, 0.29) is 6.03 Å². The van der Waals surface area contributed by atoms with E-state index in [9.17, 15) is 4.79 Å². The number of fused-ring (bicyclic) bond motifs is 1. The predicted molar refractivity (Wildman–Crippen MR) is 105 cm³/mol. The van der Waals surface area contributed by atoms with Crippen molar-refractivity contribution in [3.8, 4) is 5.75 Å². The predicted octanol–water partition coefficient (Wildman–Crippen LogP) is 2.41. The van der Waals surface area contributed by atoms with Crippen LogP contribution >= 0.6 is 0 Å². The Balaban J connectivity index is 1.77. The minimum atomic E-state index is -0.0708. The van der Waals surface area contributed by atoms with Crippen LogP contribution in [0.25, 0.3) is 10.9 Å². The van der Waals surface area contributed by atoms with Crippen LogP contribution in [-0.4, -0.2) is 74.3 Å². The zero-order valence-corrected chi connectivity index (χ0v) is 16.1. The van der Waals surface area contributed by atoms with Crippen LogP contribution in [-0.2, 0) is 6.42 Å². The largest absolute Gasteiger partial charge is 0.497 e. The Morgan fingerprint density at radius 1 is 1.27 bits per heavy atom. The molecule has 0 spiro atoms. The molecule has 2 heterocycles. The lowest BCUT2D eigenvalue weighted by Crippen LogP contribution is -2.35. The first-order valence-electron chi connectivity index (χ1n) is 9.42. The fraction of sp³-hybridized carbons (Fsp3) is 0.550. The second-order valence-corrected chi connectivity index (χ2v) is 7.24. The van der Waals surface area contributed by atoms with Crippen LogP contribution in [0.5, 0.6) is 5.75 Å². The van der Waals surface area contributed by atoms with Gasteiger partial charge in [-0.25, -0.2) is 4.79 Å². The summed E-state index contributed by atoms with van der Waals surface area (Å²) >= 11 is 0. The molecule has 0 bridgehead atoms. The first kappa shape index (κ1) is 18.7. The number of nitrogens with one attached hydrogen (secondary N) is 1. The van der Waals surface area contributed by atoms with E-state index in [4.69, 9.17) is 4.74 Å². The van der Waals surface area contributed by atoms with Crippen LogP contribution in [0.2, 0.25) is 0 Å². The molecule has 6 heteroatoms. The van der Waals surface area contributed by atoms with Gasteiger partial charge in [0.15, 0.2) is 0 Å². The zero-order chi connectivity index (χ0) is 18.5. The van der Waals surface area contributed by atoms with Crippen molar-refractivity contribution in [2.45, 2.75) is 19.3 Å². The van der Waals surface area contributed by atoms with Gasteiger partial charge < -0.3 is 19.9 Å². The number of amides is 1. The summed E-state index contributed by atoms with van der Waals surface area (Å²) in [5.74, 6) is 0.765. The van der Waals surface area contributed by atoms with Gasteiger partial charge in [-0.2, -0.15) is 0 Å². The molecule has 2 aromatic rings. The van der Waals surface area contributed by atoms with Gasteiger partial charge in [0.05, 0.1) is 12.6 Å². The molecule has 1 aliphatic rings. The summed E-state index contributed by atoms with van der Waals surface area (Å²) in [6.07, 6.45) is 5.42. The van der Waals surface area contributed by atoms with Crippen molar-refractivity contribution in [1.82, 2.24) is 19.7 Å². The third-order valence-corrected chi connectivity index (χ3v) is 5.05. The molecular weight excluding hydrogens is 328 g/mol. The van der Waals surface area contributed by atoms with Crippen molar-refractivity contribution in [2.75, 3.05) is 53.9 Å². The van der Waals surface area contributed by atoms with Crippen molar-refractivity contribution in [2.24, 2.45) is 0 Å². The fourth-order valence-corrected chi connectivity index (χ4v) is 3.53. The number of ether oxygens (including phenoxy) is 1. The minimum absolute atomic E-state index is 0.0708. The molecule has 6 nitrogen and oxygen atoms in total. The quantitative estimate of drug-likeness (QED) is 0.826. The normalized spacial score (nSPS) is 15.1. The average molecular weight is 358 g/mol. The molecule has 142 valence electrons. The molecule has 26 heavy (non-hydrogen) atoms. The maximum Gasteiger partial charge on any atom is 0.326 e. The molecule has 0 radical (unpaired) electrons. The lowest BCUT2D eigenvalue weighted by atomic mass is 10.1. The molecule has 1 amide bonds. The Hall–Kier alpha value is -2.05. The van der Waals surface area contributed by atoms with Gasteiger partial charge in [-0.15, -0.1) is 0 Å². The first-order valence-corrected chi connectivity index (χ1v) is 9.42. The molecule has 0 atom stereocenters. The number of aromatic nitrogens is 1. The van der Waals surface area contributed by atoms with Crippen molar-refractivity contribution in [3.05, 3.63) is 30.0 Å². The smallest absolute Gasteiger partial charge is 0.326 e. The monoisotopic (exact) mass is 358 g/mol. The summed E-state index contributed by atoms with van der Waals surface area (Å²) in [7, 11) is 5.78. The summed E-state index contributed by atoms with van der Waals surface area (Å²) < 4.78 is 7.08. The zero-order valence-electron chi connectivity index (χ0n) is 16.1. The molecular formula is C20H30N4O2. The highest BCUT2D eigenvalue weighted by Gasteiger charge is 2.16. The number of benzene rings is 1. The minimum Gasteiger partial charge on any atom is -0.497 e. The van der Waals surface area contributed by atoms with Crippen LogP contribution < -0.4 is 10.1 Å². The fourth-order valence-electron chi connectivity index (χ4n) is 3.53. The third-order valence-electron chi connectivity index (χ3n) is 5.05. The third kappa shape index (κ3) is 4.37. The molecule has 1 aromatic carbocycles. The van der Waals surface area contributed by atoms with Crippen molar-refractivity contribution >= 4 is 16.9 Å². The molecule has 1 fully saturated rings. The van der Waals surface area contributed by atoms with E-state index in [1.165, 1.54) is 18.4 Å². The van der Waals surface area contributed by atoms with Crippen LogP contribution in [0.1, 0.15) is 18.4 Å². The molecule has 1 aliphatic heterocycles. The van der Waals surface area contributed by atoms with E-state index in [2.05, 4.69) is 29.2 Å². The average Bonchev–Trinajstić information content (AvgIpc) is 3.27. The van der Waals surface area contributed by atoms with Gasteiger partial charge in [0.2, 0.25) is 0 Å². The number of hydrogen-bond acceptors (Lipinski definition) is 4. The van der Waals surface area contributed by atoms with Gasteiger partial charge in [-0.1, -0.05) is 0 Å². The Morgan fingerprint density at radius 3 is 2.73 bits per heavy atom. The molecule has 0 aliphatic carbocycles. The van der Waals surface area contributed by atoms with Crippen molar-refractivity contribution in [1.29, 1.82) is 0 Å². The van der Waals surface area contributed by atoms with E-state index in [1.807, 2.05) is 24.4 Å². The van der Waals surface area contributed by atoms with E-state index >= 15 is 0 Å². The number of hydrogen-bond donors (Lipinski definition) is 1. The van der Waals surface area contributed by atoms with Crippen molar-refractivity contribution in [3.63, 3.8) is 0 Å². The number of nitrogens with zero attached hydrogens (tertiary/aromatic N) is 3. The first-order chi connectivity index (χ1) is 12.6. The SMILES string of the molecule is COc1ccc2c(CCN(C)C)cn(C(=O)NCCN3CCCC3)c2c1.